The van der Waals surface area contributed by atoms with Gasteiger partial charge in [0.2, 0.25) is 0 Å². The summed E-state index contributed by atoms with van der Waals surface area (Å²) in [5, 5.41) is 8.43. The van der Waals surface area contributed by atoms with Crippen molar-refractivity contribution in [2.45, 2.75) is 64.8 Å². The van der Waals surface area contributed by atoms with E-state index in [0.717, 1.165) is 18.9 Å². The minimum absolute atomic E-state index is 0.650. The summed E-state index contributed by atoms with van der Waals surface area (Å²) >= 11 is 0. The van der Waals surface area contributed by atoms with Crippen molar-refractivity contribution in [1.29, 1.82) is 0 Å². The maximum atomic E-state index is 4.90. The first kappa shape index (κ1) is 13.0. The van der Waals surface area contributed by atoms with E-state index in [2.05, 4.69) is 29.9 Å². The van der Waals surface area contributed by atoms with Gasteiger partial charge in [-0.2, -0.15) is 5.10 Å². The monoisotopic (exact) mass is 261 g/mol. The highest BCUT2D eigenvalue weighted by molar-refractivity contribution is 5.39. The van der Waals surface area contributed by atoms with E-state index in [9.17, 15) is 0 Å². The molecule has 0 spiro atoms. The number of anilines is 1. The summed E-state index contributed by atoms with van der Waals surface area (Å²) in [6, 6.07) is 2.92. The molecule has 1 aromatic rings. The number of nitrogens with zero attached hydrogens (tertiary/aromatic N) is 2. The van der Waals surface area contributed by atoms with Gasteiger partial charge >= 0.3 is 0 Å². The maximum Gasteiger partial charge on any atom is 0.124 e. The van der Waals surface area contributed by atoms with Crippen molar-refractivity contribution in [3.05, 3.63) is 11.8 Å². The minimum Gasteiger partial charge on any atom is -0.370 e. The Kier molecular flexibility index (Phi) is 3.81. The maximum absolute atomic E-state index is 4.90. The molecule has 0 bridgehead atoms. The van der Waals surface area contributed by atoms with E-state index < -0.39 is 0 Å². The first-order valence-corrected chi connectivity index (χ1v) is 8.06. The van der Waals surface area contributed by atoms with Crippen molar-refractivity contribution in [3.8, 4) is 0 Å². The second-order valence-corrected chi connectivity index (χ2v) is 6.74. The minimum atomic E-state index is 0.650. The molecule has 0 aromatic carbocycles. The van der Waals surface area contributed by atoms with Crippen molar-refractivity contribution in [1.82, 2.24) is 9.78 Å². The van der Waals surface area contributed by atoms with Crippen LogP contribution in [0.3, 0.4) is 0 Å². The molecule has 1 aliphatic heterocycles. The SMILES string of the molecule is CC(C)Cc1cc2n(n1)C(C1CCCCC1)CCN2. The van der Waals surface area contributed by atoms with E-state index in [1.807, 2.05) is 0 Å². The standard InChI is InChI=1S/C16H27N3/c1-12(2)10-14-11-16-17-9-8-15(19(16)18-14)13-6-4-3-5-7-13/h11-13,15,17H,3-10H2,1-2H3. The largest absolute Gasteiger partial charge is 0.370 e. The Bertz CT molecular complexity index is 416. The van der Waals surface area contributed by atoms with Crippen LogP contribution in [0.4, 0.5) is 5.82 Å². The lowest BCUT2D eigenvalue weighted by molar-refractivity contribution is 0.221. The number of rotatable bonds is 3. The van der Waals surface area contributed by atoms with Crippen LogP contribution in [-0.4, -0.2) is 16.3 Å². The Hall–Kier alpha value is -0.990. The first-order valence-electron chi connectivity index (χ1n) is 8.06. The van der Waals surface area contributed by atoms with Crippen molar-refractivity contribution in [3.63, 3.8) is 0 Å². The highest BCUT2D eigenvalue weighted by Gasteiger charge is 2.29. The highest BCUT2D eigenvalue weighted by atomic mass is 15.4. The molecule has 0 saturated heterocycles. The third kappa shape index (κ3) is 2.80. The molecule has 3 heteroatoms. The highest BCUT2D eigenvalue weighted by Crippen LogP contribution is 2.38. The van der Waals surface area contributed by atoms with Crippen LogP contribution in [0.2, 0.25) is 0 Å². The Labute approximate surface area is 116 Å². The fraction of sp³-hybridized carbons (Fsp3) is 0.812. The van der Waals surface area contributed by atoms with Gasteiger partial charge < -0.3 is 5.32 Å². The van der Waals surface area contributed by atoms with Gasteiger partial charge in [-0.05, 0) is 37.5 Å². The zero-order valence-corrected chi connectivity index (χ0v) is 12.4. The number of hydrogen-bond acceptors (Lipinski definition) is 2. The van der Waals surface area contributed by atoms with Crippen LogP contribution in [0.15, 0.2) is 6.07 Å². The molecule has 106 valence electrons. The van der Waals surface area contributed by atoms with Gasteiger partial charge in [0.25, 0.3) is 0 Å². The fourth-order valence-electron chi connectivity index (χ4n) is 3.77. The molecule has 1 aromatic heterocycles. The fourth-order valence-corrected chi connectivity index (χ4v) is 3.77. The molecule has 1 atom stereocenters. The summed E-state index contributed by atoms with van der Waals surface area (Å²) in [7, 11) is 0. The van der Waals surface area contributed by atoms with E-state index in [-0.39, 0.29) is 0 Å². The molecule has 19 heavy (non-hydrogen) atoms. The van der Waals surface area contributed by atoms with Gasteiger partial charge in [0, 0.05) is 12.6 Å². The van der Waals surface area contributed by atoms with Gasteiger partial charge in [-0.15, -0.1) is 0 Å². The van der Waals surface area contributed by atoms with Crippen LogP contribution in [0.1, 0.15) is 64.1 Å². The summed E-state index contributed by atoms with van der Waals surface area (Å²) in [6.45, 7) is 5.66. The quantitative estimate of drug-likeness (QED) is 0.890. The lowest BCUT2D eigenvalue weighted by atomic mass is 9.82. The zero-order chi connectivity index (χ0) is 13.2. The summed E-state index contributed by atoms with van der Waals surface area (Å²) in [6.07, 6.45) is 9.44. The van der Waals surface area contributed by atoms with E-state index in [1.165, 1.54) is 50.0 Å². The number of nitrogens with one attached hydrogen (secondary N) is 1. The molecule has 1 N–H and O–H groups in total. The van der Waals surface area contributed by atoms with Crippen LogP contribution < -0.4 is 5.32 Å². The van der Waals surface area contributed by atoms with Gasteiger partial charge in [-0.25, -0.2) is 4.68 Å². The Balaban J connectivity index is 1.80. The van der Waals surface area contributed by atoms with Crippen LogP contribution in [0.5, 0.6) is 0 Å². The van der Waals surface area contributed by atoms with Gasteiger partial charge in [-0.3, -0.25) is 0 Å². The lowest BCUT2D eigenvalue weighted by Crippen LogP contribution is -2.30. The van der Waals surface area contributed by atoms with E-state index >= 15 is 0 Å². The third-order valence-electron chi connectivity index (χ3n) is 4.66. The van der Waals surface area contributed by atoms with E-state index in [4.69, 9.17) is 5.10 Å². The second kappa shape index (κ2) is 5.56. The van der Waals surface area contributed by atoms with Crippen LogP contribution in [-0.2, 0) is 6.42 Å². The van der Waals surface area contributed by atoms with E-state index in [1.54, 1.807) is 0 Å². The van der Waals surface area contributed by atoms with Crippen LogP contribution in [0, 0.1) is 11.8 Å². The molecule has 1 unspecified atom stereocenters. The number of hydrogen-bond donors (Lipinski definition) is 1. The molecule has 3 rings (SSSR count). The van der Waals surface area contributed by atoms with Crippen molar-refractivity contribution < 1.29 is 0 Å². The van der Waals surface area contributed by atoms with Gasteiger partial charge in [0.1, 0.15) is 5.82 Å². The zero-order valence-electron chi connectivity index (χ0n) is 12.4. The van der Waals surface area contributed by atoms with Crippen molar-refractivity contribution >= 4 is 5.82 Å². The number of fused-ring (bicyclic) bond motifs is 1. The summed E-state index contributed by atoms with van der Waals surface area (Å²) in [4.78, 5) is 0. The Morgan fingerprint density at radius 1 is 1.26 bits per heavy atom. The van der Waals surface area contributed by atoms with E-state index in [0.29, 0.717) is 12.0 Å². The molecule has 0 amide bonds. The average molecular weight is 261 g/mol. The summed E-state index contributed by atoms with van der Waals surface area (Å²) < 4.78 is 2.32. The second-order valence-electron chi connectivity index (χ2n) is 6.74. The predicted octanol–water partition coefficient (Wildman–Crippen LogP) is 4.02. The van der Waals surface area contributed by atoms with Crippen molar-refractivity contribution in [2.75, 3.05) is 11.9 Å². The van der Waals surface area contributed by atoms with Gasteiger partial charge in [0.15, 0.2) is 0 Å². The Morgan fingerprint density at radius 3 is 2.79 bits per heavy atom. The summed E-state index contributed by atoms with van der Waals surface area (Å²) in [5.41, 5.74) is 1.26. The molecule has 3 nitrogen and oxygen atoms in total. The Morgan fingerprint density at radius 2 is 2.05 bits per heavy atom. The first-order chi connectivity index (χ1) is 9.24. The summed E-state index contributed by atoms with van der Waals surface area (Å²) in [5.74, 6) is 2.81. The lowest BCUT2D eigenvalue weighted by Gasteiger charge is -2.34. The van der Waals surface area contributed by atoms with Gasteiger partial charge in [-0.1, -0.05) is 33.1 Å². The predicted molar refractivity (Wildman–Crippen MR) is 79.5 cm³/mol. The smallest absolute Gasteiger partial charge is 0.124 e. The number of aromatic nitrogens is 2. The third-order valence-corrected chi connectivity index (χ3v) is 4.66. The molecule has 2 heterocycles. The average Bonchev–Trinajstić information content (AvgIpc) is 2.80. The van der Waals surface area contributed by atoms with Crippen molar-refractivity contribution in [2.24, 2.45) is 11.8 Å². The van der Waals surface area contributed by atoms with Crippen LogP contribution >= 0.6 is 0 Å². The molecule has 2 aliphatic rings. The molecule has 1 aliphatic carbocycles. The van der Waals surface area contributed by atoms with Crippen LogP contribution in [0.25, 0.3) is 0 Å². The molecule has 1 saturated carbocycles. The normalized spacial score (nSPS) is 24.3. The molecule has 1 fully saturated rings. The molecular formula is C16H27N3. The molecular weight excluding hydrogens is 234 g/mol. The topological polar surface area (TPSA) is 29.9 Å². The van der Waals surface area contributed by atoms with Gasteiger partial charge in [0.05, 0.1) is 11.7 Å². The molecule has 0 radical (unpaired) electrons.